The Labute approximate surface area is 161 Å². The molecule has 0 saturated carbocycles. The van der Waals surface area contributed by atoms with Crippen LogP contribution in [0.15, 0.2) is 48.5 Å². The number of carbonyl (C=O) groups excluding carboxylic acids is 1. The number of hydrogen-bond donors (Lipinski definition) is 2. The number of anilines is 1. The minimum absolute atomic E-state index is 0.166. The molecule has 1 heterocycles. The molecule has 144 valence electrons. The van der Waals surface area contributed by atoms with E-state index in [1.54, 1.807) is 7.11 Å². The summed E-state index contributed by atoms with van der Waals surface area (Å²) in [5.74, 6) is 0. The van der Waals surface area contributed by atoms with E-state index < -0.39 is 0 Å². The Morgan fingerprint density at radius 1 is 1.19 bits per heavy atom. The number of rotatable bonds is 7. The normalized spacial score (nSPS) is 15.0. The van der Waals surface area contributed by atoms with Gasteiger partial charge in [0.1, 0.15) is 0 Å². The fraction of sp³-hybridized carbons (Fsp3) is 0.409. The zero-order chi connectivity index (χ0) is 19.1. The summed E-state index contributed by atoms with van der Waals surface area (Å²) in [6.45, 7) is 5.35. The Balaban J connectivity index is 1.52. The molecule has 0 fully saturated rings. The van der Waals surface area contributed by atoms with E-state index in [-0.39, 0.29) is 6.03 Å². The quantitative estimate of drug-likeness (QED) is 0.783. The predicted octanol–water partition coefficient (Wildman–Crippen LogP) is 3.79. The fourth-order valence-electron chi connectivity index (χ4n) is 3.65. The second-order valence-corrected chi connectivity index (χ2v) is 7.02. The SMILES string of the molecule is CCC(CNC(=O)Nc1cccc(COC)c1)N1CCc2ccccc2C1. The van der Waals surface area contributed by atoms with E-state index in [0.717, 1.165) is 37.2 Å². The molecular formula is C22H29N3O2. The first-order chi connectivity index (χ1) is 13.2. The van der Waals surface area contributed by atoms with Crippen molar-refractivity contribution in [3.63, 3.8) is 0 Å². The number of amides is 2. The van der Waals surface area contributed by atoms with Gasteiger partial charge in [0.25, 0.3) is 0 Å². The highest BCUT2D eigenvalue weighted by molar-refractivity contribution is 5.89. The Kier molecular flexibility index (Phi) is 6.85. The first-order valence-corrected chi connectivity index (χ1v) is 9.63. The number of nitrogens with one attached hydrogen (secondary N) is 2. The number of carbonyl (C=O) groups is 1. The Morgan fingerprint density at radius 3 is 2.78 bits per heavy atom. The molecule has 2 N–H and O–H groups in total. The van der Waals surface area contributed by atoms with Gasteiger partial charge in [-0.15, -0.1) is 0 Å². The monoisotopic (exact) mass is 367 g/mol. The predicted molar refractivity (Wildman–Crippen MR) is 109 cm³/mol. The first-order valence-electron chi connectivity index (χ1n) is 9.63. The molecule has 2 aromatic carbocycles. The maximum atomic E-state index is 12.3. The summed E-state index contributed by atoms with van der Waals surface area (Å²) in [6, 6.07) is 16.5. The molecule has 27 heavy (non-hydrogen) atoms. The molecule has 2 amide bonds. The third-order valence-corrected chi connectivity index (χ3v) is 5.14. The van der Waals surface area contributed by atoms with Crippen LogP contribution in [-0.2, 0) is 24.3 Å². The molecule has 0 radical (unpaired) electrons. The molecule has 5 heteroatoms. The zero-order valence-corrected chi connectivity index (χ0v) is 16.2. The van der Waals surface area contributed by atoms with Gasteiger partial charge in [0.2, 0.25) is 0 Å². The number of urea groups is 1. The smallest absolute Gasteiger partial charge is 0.319 e. The van der Waals surface area contributed by atoms with E-state index in [1.807, 2.05) is 24.3 Å². The van der Waals surface area contributed by atoms with Gasteiger partial charge >= 0.3 is 6.03 Å². The molecule has 5 nitrogen and oxygen atoms in total. The largest absolute Gasteiger partial charge is 0.380 e. The van der Waals surface area contributed by atoms with Crippen molar-refractivity contribution in [3.05, 3.63) is 65.2 Å². The van der Waals surface area contributed by atoms with Crippen LogP contribution >= 0.6 is 0 Å². The number of fused-ring (bicyclic) bond motifs is 1. The highest BCUT2D eigenvalue weighted by Gasteiger charge is 2.22. The van der Waals surface area contributed by atoms with Crippen LogP contribution in [0.3, 0.4) is 0 Å². The lowest BCUT2D eigenvalue weighted by atomic mass is 9.98. The second kappa shape index (κ2) is 9.53. The van der Waals surface area contributed by atoms with Gasteiger partial charge in [0.15, 0.2) is 0 Å². The molecule has 0 aliphatic carbocycles. The lowest BCUT2D eigenvalue weighted by molar-refractivity contribution is 0.170. The standard InChI is InChI=1S/C22H29N3O2/c1-3-21(25-12-11-18-8-4-5-9-19(18)15-25)14-23-22(26)24-20-10-6-7-17(13-20)16-27-2/h4-10,13,21H,3,11-12,14-16H2,1-2H3,(H2,23,24,26). The Bertz CT molecular complexity index is 763. The van der Waals surface area contributed by atoms with Crippen molar-refractivity contribution >= 4 is 11.7 Å². The van der Waals surface area contributed by atoms with Gasteiger partial charge in [-0.25, -0.2) is 4.79 Å². The Hall–Kier alpha value is -2.37. The van der Waals surface area contributed by atoms with Crippen LogP contribution in [0.5, 0.6) is 0 Å². The molecule has 2 aromatic rings. The van der Waals surface area contributed by atoms with Crippen molar-refractivity contribution in [3.8, 4) is 0 Å². The van der Waals surface area contributed by atoms with Crippen molar-refractivity contribution in [1.82, 2.24) is 10.2 Å². The summed E-state index contributed by atoms with van der Waals surface area (Å²) < 4.78 is 5.14. The van der Waals surface area contributed by atoms with E-state index in [9.17, 15) is 4.79 Å². The number of benzene rings is 2. The van der Waals surface area contributed by atoms with Crippen molar-refractivity contribution in [2.45, 2.75) is 39.0 Å². The van der Waals surface area contributed by atoms with Gasteiger partial charge < -0.3 is 15.4 Å². The van der Waals surface area contributed by atoms with E-state index >= 15 is 0 Å². The van der Waals surface area contributed by atoms with Gasteiger partial charge in [-0.05, 0) is 41.7 Å². The van der Waals surface area contributed by atoms with Gasteiger partial charge in [-0.3, -0.25) is 4.90 Å². The lowest BCUT2D eigenvalue weighted by Gasteiger charge is -2.35. The van der Waals surface area contributed by atoms with Crippen molar-refractivity contribution in [2.24, 2.45) is 0 Å². The molecule has 1 unspecified atom stereocenters. The summed E-state index contributed by atoms with van der Waals surface area (Å²) in [6.07, 6.45) is 2.08. The average Bonchev–Trinajstić information content (AvgIpc) is 2.69. The van der Waals surface area contributed by atoms with Gasteiger partial charge in [0, 0.05) is 38.5 Å². The number of nitrogens with zero attached hydrogens (tertiary/aromatic N) is 1. The van der Waals surface area contributed by atoms with E-state index in [1.165, 1.54) is 11.1 Å². The molecule has 3 rings (SSSR count). The molecule has 1 atom stereocenters. The van der Waals surface area contributed by atoms with Gasteiger partial charge in [0.05, 0.1) is 6.61 Å². The number of hydrogen-bond acceptors (Lipinski definition) is 3. The van der Waals surface area contributed by atoms with Crippen LogP contribution in [0.1, 0.15) is 30.0 Å². The molecule has 0 spiro atoms. The average molecular weight is 367 g/mol. The first kappa shape index (κ1) is 19.4. The maximum Gasteiger partial charge on any atom is 0.319 e. The van der Waals surface area contributed by atoms with Crippen LogP contribution in [-0.4, -0.2) is 37.2 Å². The highest BCUT2D eigenvalue weighted by Crippen LogP contribution is 2.21. The van der Waals surface area contributed by atoms with Gasteiger partial charge in [-0.2, -0.15) is 0 Å². The van der Waals surface area contributed by atoms with Crippen molar-refractivity contribution in [2.75, 3.05) is 25.5 Å². The molecular weight excluding hydrogens is 338 g/mol. The minimum Gasteiger partial charge on any atom is -0.380 e. The minimum atomic E-state index is -0.166. The summed E-state index contributed by atoms with van der Waals surface area (Å²) in [4.78, 5) is 14.8. The molecule has 1 aliphatic heterocycles. The highest BCUT2D eigenvalue weighted by atomic mass is 16.5. The summed E-state index contributed by atoms with van der Waals surface area (Å²) >= 11 is 0. The molecule has 0 saturated heterocycles. The van der Waals surface area contributed by atoms with Crippen LogP contribution in [0.25, 0.3) is 0 Å². The summed E-state index contributed by atoms with van der Waals surface area (Å²) in [7, 11) is 1.66. The second-order valence-electron chi connectivity index (χ2n) is 7.02. The summed E-state index contributed by atoms with van der Waals surface area (Å²) in [5, 5.41) is 5.95. The van der Waals surface area contributed by atoms with Crippen LogP contribution < -0.4 is 10.6 Å². The fourth-order valence-corrected chi connectivity index (χ4v) is 3.65. The van der Waals surface area contributed by atoms with Crippen molar-refractivity contribution in [1.29, 1.82) is 0 Å². The number of methoxy groups -OCH3 is 1. The molecule has 1 aliphatic rings. The Morgan fingerprint density at radius 2 is 2.00 bits per heavy atom. The maximum absolute atomic E-state index is 12.3. The molecule has 0 aromatic heterocycles. The molecule has 0 bridgehead atoms. The van der Waals surface area contributed by atoms with E-state index in [4.69, 9.17) is 4.74 Å². The summed E-state index contributed by atoms with van der Waals surface area (Å²) in [5.41, 5.74) is 4.67. The van der Waals surface area contributed by atoms with Crippen LogP contribution in [0.2, 0.25) is 0 Å². The van der Waals surface area contributed by atoms with Gasteiger partial charge in [-0.1, -0.05) is 43.3 Å². The van der Waals surface area contributed by atoms with E-state index in [2.05, 4.69) is 46.7 Å². The van der Waals surface area contributed by atoms with Crippen LogP contribution in [0, 0.1) is 0 Å². The third kappa shape index (κ3) is 5.31. The van der Waals surface area contributed by atoms with Crippen LogP contribution in [0.4, 0.5) is 10.5 Å². The zero-order valence-electron chi connectivity index (χ0n) is 16.2. The number of ether oxygens (including phenoxy) is 1. The third-order valence-electron chi connectivity index (χ3n) is 5.14. The topological polar surface area (TPSA) is 53.6 Å². The van der Waals surface area contributed by atoms with E-state index in [0.29, 0.717) is 19.2 Å². The lowest BCUT2D eigenvalue weighted by Crippen LogP contribution is -2.46. The van der Waals surface area contributed by atoms with Crippen molar-refractivity contribution < 1.29 is 9.53 Å².